The average molecular weight is 256 g/mol. The normalized spacial score (nSPS) is 10.3. The van der Waals surface area contributed by atoms with E-state index in [-0.39, 0.29) is 0 Å². The first kappa shape index (κ1) is 13.5. The smallest absolute Gasteiger partial charge is 0.125 e. The Kier molecular flexibility index (Phi) is 4.10. The van der Waals surface area contributed by atoms with Gasteiger partial charge < -0.3 is 9.47 Å². The Bertz CT molecular complexity index is 573. The monoisotopic (exact) mass is 256 g/mol. The van der Waals surface area contributed by atoms with Crippen molar-refractivity contribution in [1.82, 2.24) is 0 Å². The molecule has 19 heavy (non-hydrogen) atoms. The van der Waals surface area contributed by atoms with Gasteiger partial charge in [0.05, 0.1) is 7.11 Å². The van der Waals surface area contributed by atoms with Gasteiger partial charge in [-0.25, -0.2) is 0 Å². The number of benzene rings is 2. The summed E-state index contributed by atoms with van der Waals surface area (Å²) in [7, 11) is 1.69. The van der Waals surface area contributed by atoms with Gasteiger partial charge in [0, 0.05) is 5.56 Å². The minimum Gasteiger partial charge on any atom is -0.496 e. The molecule has 0 saturated carbocycles. The van der Waals surface area contributed by atoms with E-state index in [4.69, 9.17) is 9.47 Å². The molecule has 0 amide bonds. The summed E-state index contributed by atoms with van der Waals surface area (Å²) < 4.78 is 11.3. The Morgan fingerprint density at radius 2 is 1.53 bits per heavy atom. The van der Waals surface area contributed by atoms with Crippen LogP contribution in [-0.2, 0) is 6.61 Å². The molecule has 0 aliphatic heterocycles. The van der Waals surface area contributed by atoms with E-state index in [9.17, 15) is 0 Å². The molecule has 100 valence electrons. The summed E-state index contributed by atoms with van der Waals surface area (Å²) in [5.41, 5.74) is 4.64. The summed E-state index contributed by atoms with van der Waals surface area (Å²) in [6, 6.07) is 12.4. The third-order valence-electron chi connectivity index (χ3n) is 3.16. The van der Waals surface area contributed by atoms with E-state index in [0.29, 0.717) is 6.61 Å². The van der Waals surface area contributed by atoms with Crippen molar-refractivity contribution in [1.29, 1.82) is 0 Å². The lowest BCUT2D eigenvalue weighted by atomic mass is 10.1. The van der Waals surface area contributed by atoms with Gasteiger partial charge in [0.15, 0.2) is 0 Å². The van der Waals surface area contributed by atoms with Crippen LogP contribution >= 0.6 is 0 Å². The number of aryl methyl sites for hydroxylation is 3. The molecule has 0 saturated heterocycles. The van der Waals surface area contributed by atoms with Gasteiger partial charge in [0.1, 0.15) is 18.1 Å². The fourth-order valence-electron chi connectivity index (χ4n) is 2.04. The molecule has 0 spiro atoms. The van der Waals surface area contributed by atoms with Crippen LogP contribution in [-0.4, -0.2) is 7.11 Å². The molecule has 0 atom stereocenters. The number of methoxy groups -OCH3 is 1. The lowest BCUT2D eigenvalue weighted by Gasteiger charge is -2.13. The van der Waals surface area contributed by atoms with Gasteiger partial charge in [-0.05, 0) is 50.1 Å². The zero-order valence-corrected chi connectivity index (χ0v) is 12.0. The van der Waals surface area contributed by atoms with E-state index >= 15 is 0 Å². The lowest BCUT2D eigenvalue weighted by Crippen LogP contribution is -2.00. The first-order chi connectivity index (χ1) is 9.10. The number of hydrogen-bond donors (Lipinski definition) is 0. The zero-order valence-electron chi connectivity index (χ0n) is 12.0. The van der Waals surface area contributed by atoms with Gasteiger partial charge in [0.25, 0.3) is 0 Å². The minimum absolute atomic E-state index is 0.523. The Morgan fingerprint density at radius 3 is 2.26 bits per heavy atom. The van der Waals surface area contributed by atoms with Crippen LogP contribution < -0.4 is 9.47 Å². The van der Waals surface area contributed by atoms with Gasteiger partial charge in [-0.3, -0.25) is 0 Å². The maximum atomic E-state index is 5.92. The third-order valence-corrected chi connectivity index (χ3v) is 3.16. The van der Waals surface area contributed by atoms with Crippen molar-refractivity contribution in [3.05, 3.63) is 58.7 Å². The summed E-state index contributed by atoms with van der Waals surface area (Å²) in [6.07, 6.45) is 0. The van der Waals surface area contributed by atoms with Crippen LogP contribution in [0.5, 0.6) is 11.5 Å². The predicted octanol–water partition coefficient (Wildman–Crippen LogP) is 4.20. The van der Waals surface area contributed by atoms with Crippen molar-refractivity contribution >= 4 is 0 Å². The van der Waals surface area contributed by atoms with Gasteiger partial charge in [-0.1, -0.05) is 23.8 Å². The van der Waals surface area contributed by atoms with Crippen molar-refractivity contribution < 1.29 is 9.47 Å². The zero-order chi connectivity index (χ0) is 13.8. The summed E-state index contributed by atoms with van der Waals surface area (Å²) in [6.45, 7) is 6.72. The fraction of sp³-hybridized carbons (Fsp3) is 0.294. The molecule has 0 aromatic heterocycles. The first-order valence-electron chi connectivity index (χ1n) is 6.43. The SMILES string of the molecule is COc1ccc(C)cc1COc1cc(C)ccc1C. The van der Waals surface area contributed by atoms with Gasteiger partial charge in [0.2, 0.25) is 0 Å². The maximum absolute atomic E-state index is 5.92. The highest BCUT2D eigenvalue weighted by Crippen LogP contribution is 2.24. The summed E-state index contributed by atoms with van der Waals surface area (Å²) >= 11 is 0. The molecule has 2 nitrogen and oxygen atoms in total. The second kappa shape index (κ2) is 5.79. The van der Waals surface area contributed by atoms with E-state index in [0.717, 1.165) is 22.6 Å². The van der Waals surface area contributed by atoms with Crippen LogP contribution in [0.1, 0.15) is 22.3 Å². The van der Waals surface area contributed by atoms with E-state index < -0.39 is 0 Å². The molecular weight excluding hydrogens is 236 g/mol. The van der Waals surface area contributed by atoms with Crippen molar-refractivity contribution in [2.45, 2.75) is 27.4 Å². The van der Waals surface area contributed by atoms with Crippen molar-refractivity contribution in [2.75, 3.05) is 7.11 Å². The molecule has 0 aliphatic carbocycles. The second-order valence-electron chi connectivity index (χ2n) is 4.87. The molecule has 0 bridgehead atoms. The molecule has 2 heteroatoms. The maximum Gasteiger partial charge on any atom is 0.125 e. The molecule has 2 aromatic rings. The Labute approximate surface area is 115 Å². The van der Waals surface area contributed by atoms with Crippen molar-refractivity contribution in [2.24, 2.45) is 0 Å². The molecule has 2 rings (SSSR count). The van der Waals surface area contributed by atoms with Crippen molar-refractivity contribution in [3.8, 4) is 11.5 Å². The molecule has 0 unspecified atom stereocenters. The Morgan fingerprint density at radius 1 is 0.842 bits per heavy atom. The first-order valence-corrected chi connectivity index (χ1v) is 6.43. The van der Waals surface area contributed by atoms with E-state index in [2.05, 4.69) is 45.0 Å². The highest BCUT2D eigenvalue weighted by molar-refractivity contribution is 5.39. The highest BCUT2D eigenvalue weighted by atomic mass is 16.5. The number of ether oxygens (including phenoxy) is 2. The highest BCUT2D eigenvalue weighted by Gasteiger charge is 2.06. The fourth-order valence-corrected chi connectivity index (χ4v) is 2.04. The van der Waals surface area contributed by atoms with Crippen LogP contribution in [0.25, 0.3) is 0 Å². The lowest BCUT2D eigenvalue weighted by molar-refractivity contribution is 0.294. The van der Waals surface area contributed by atoms with Gasteiger partial charge >= 0.3 is 0 Å². The van der Waals surface area contributed by atoms with E-state index in [1.54, 1.807) is 7.11 Å². The molecule has 0 heterocycles. The van der Waals surface area contributed by atoms with Gasteiger partial charge in [-0.2, -0.15) is 0 Å². The van der Waals surface area contributed by atoms with Crippen LogP contribution in [0.3, 0.4) is 0 Å². The number of hydrogen-bond acceptors (Lipinski definition) is 2. The third kappa shape index (κ3) is 3.28. The average Bonchev–Trinajstić information content (AvgIpc) is 2.40. The molecular formula is C17H20O2. The summed E-state index contributed by atoms with van der Waals surface area (Å²) in [4.78, 5) is 0. The van der Waals surface area contributed by atoms with E-state index in [1.807, 2.05) is 12.1 Å². The largest absolute Gasteiger partial charge is 0.496 e. The van der Waals surface area contributed by atoms with Crippen LogP contribution in [0, 0.1) is 20.8 Å². The molecule has 2 aromatic carbocycles. The Balaban J connectivity index is 2.18. The molecule has 0 radical (unpaired) electrons. The minimum atomic E-state index is 0.523. The predicted molar refractivity (Wildman–Crippen MR) is 78.0 cm³/mol. The van der Waals surface area contributed by atoms with Crippen LogP contribution in [0.2, 0.25) is 0 Å². The van der Waals surface area contributed by atoms with Crippen molar-refractivity contribution in [3.63, 3.8) is 0 Å². The van der Waals surface area contributed by atoms with Crippen LogP contribution in [0.15, 0.2) is 36.4 Å². The molecule has 0 aliphatic rings. The number of rotatable bonds is 4. The second-order valence-corrected chi connectivity index (χ2v) is 4.87. The standard InChI is InChI=1S/C17H20O2/c1-12-6-8-16(18-4)15(9-12)11-19-17-10-13(2)5-7-14(17)3/h5-10H,11H2,1-4H3. The van der Waals surface area contributed by atoms with Crippen LogP contribution in [0.4, 0.5) is 0 Å². The summed E-state index contributed by atoms with van der Waals surface area (Å²) in [5.74, 6) is 1.81. The van der Waals surface area contributed by atoms with Gasteiger partial charge in [-0.15, -0.1) is 0 Å². The Hall–Kier alpha value is -1.96. The topological polar surface area (TPSA) is 18.5 Å². The summed E-state index contributed by atoms with van der Waals surface area (Å²) in [5, 5.41) is 0. The molecule has 0 N–H and O–H groups in total. The molecule has 0 fully saturated rings. The quantitative estimate of drug-likeness (QED) is 0.816. The van der Waals surface area contributed by atoms with E-state index in [1.165, 1.54) is 11.1 Å².